The van der Waals surface area contributed by atoms with E-state index in [1.807, 2.05) is 30.3 Å². The molecule has 0 fully saturated rings. The Kier molecular flexibility index (Phi) is 5.87. The second kappa shape index (κ2) is 8.33. The lowest BCUT2D eigenvalue weighted by atomic mass is 10.2. The fraction of sp³-hybridized carbons (Fsp3) is 0.200. The summed E-state index contributed by atoms with van der Waals surface area (Å²) in [6.07, 6.45) is 0. The van der Waals surface area contributed by atoms with Crippen LogP contribution in [0.15, 0.2) is 30.3 Å². The van der Waals surface area contributed by atoms with E-state index in [1.54, 1.807) is 20.8 Å². The molecule has 8 heteroatoms. The van der Waals surface area contributed by atoms with Gasteiger partial charge in [0, 0.05) is 5.56 Å². The summed E-state index contributed by atoms with van der Waals surface area (Å²) in [7, 11) is 0. The molecule has 0 bridgehead atoms. The number of nitrogens with one attached hydrogen (secondary N) is 1. The lowest BCUT2D eigenvalue weighted by Gasteiger charge is -2.01. The van der Waals surface area contributed by atoms with E-state index in [0.29, 0.717) is 26.0 Å². The van der Waals surface area contributed by atoms with Crippen molar-refractivity contribution in [1.82, 2.24) is 4.98 Å². The third-order valence-electron chi connectivity index (χ3n) is 3.97. The van der Waals surface area contributed by atoms with Gasteiger partial charge in [0.2, 0.25) is 0 Å². The summed E-state index contributed by atoms with van der Waals surface area (Å²) in [6, 6.07) is 11.7. The quantitative estimate of drug-likeness (QED) is 0.610. The van der Waals surface area contributed by atoms with Gasteiger partial charge in [-0.1, -0.05) is 30.3 Å². The number of rotatable bonds is 5. The summed E-state index contributed by atoms with van der Waals surface area (Å²) < 4.78 is 5.02. The van der Waals surface area contributed by atoms with Crippen molar-refractivity contribution in [3.05, 3.63) is 56.9 Å². The highest BCUT2D eigenvalue weighted by atomic mass is 32.1. The zero-order chi connectivity index (χ0) is 20.3. The smallest absolute Gasteiger partial charge is 0.348 e. The fourth-order valence-corrected chi connectivity index (χ4v) is 4.61. The van der Waals surface area contributed by atoms with Gasteiger partial charge in [0.15, 0.2) is 0 Å². The zero-order valence-corrected chi connectivity index (χ0v) is 17.2. The topological polar surface area (TPSA) is 92.1 Å². The Labute approximate surface area is 170 Å². The number of amides is 1. The van der Waals surface area contributed by atoms with E-state index < -0.39 is 5.97 Å². The molecule has 0 radical (unpaired) electrons. The number of aromatic nitrogens is 1. The third kappa shape index (κ3) is 3.81. The van der Waals surface area contributed by atoms with E-state index >= 15 is 0 Å². The van der Waals surface area contributed by atoms with Gasteiger partial charge in [0.1, 0.15) is 25.8 Å². The fourth-order valence-electron chi connectivity index (χ4n) is 2.60. The predicted molar refractivity (Wildman–Crippen MR) is 110 cm³/mol. The van der Waals surface area contributed by atoms with Crippen molar-refractivity contribution < 1.29 is 14.3 Å². The zero-order valence-electron chi connectivity index (χ0n) is 15.5. The highest BCUT2D eigenvalue weighted by molar-refractivity contribution is 7.19. The molecule has 1 amide bonds. The number of ether oxygens (including phenoxy) is 1. The SMILES string of the molecule is CCOC(=O)c1sc(NC(=O)c2sc(-c3ccccc3)nc2C)c(C#N)c1C. The lowest BCUT2D eigenvalue weighted by molar-refractivity contribution is 0.0531. The van der Waals surface area contributed by atoms with Crippen molar-refractivity contribution >= 4 is 39.6 Å². The molecule has 0 aliphatic rings. The molecule has 0 saturated heterocycles. The molecule has 28 heavy (non-hydrogen) atoms. The van der Waals surface area contributed by atoms with E-state index in [1.165, 1.54) is 11.3 Å². The summed E-state index contributed by atoms with van der Waals surface area (Å²) in [5.74, 6) is -0.854. The van der Waals surface area contributed by atoms with Crippen LogP contribution < -0.4 is 5.32 Å². The molecule has 2 aromatic heterocycles. The van der Waals surface area contributed by atoms with Crippen LogP contribution in [0.4, 0.5) is 5.00 Å². The van der Waals surface area contributed by atoms with Crippen LogP contribution in [0.25, 0.3) is 10.6 Å². The van der Waals surface area contributed by atoms with Crippen molar-refractivity contribution in [3.63, 3.8) is 0 Å². The molecule has 3 rings (SSSR count). The van der Waals surface area contributed by atoms with Crippen LogP contribution in [-0.2, 0) is 4.74 Å². The Morgan fingerprint density at radius 3 is 2.54 bits per heavy atom. The number of aryl methyl sites for hydroxylation is 1. The second-order valence-corrected chi connectivity index (χ2v) is 7.87. The monoisotopic (exact) mass is 411 g/mol. The Morgan fingerprint density at radius 1 is 1.18 bits per heavy atom. The first-order valence-corrected chi connectivity index (χ1v) is 10.1. The van der Waals surface area contributed by atoms with Crippen LogP contribution in [0.1, 0.15) is 43.1 Å². The number of carbonyl (C=O) groups is 2. The Bertz CT molecular complexity index is 1080. The van der Waals surface area contributed by atoms with E-state index in [9.17, 15) is 14.9 Å². The van der Waals surface area contributed by atoms with Crippen LogP contribution in [0.5, 0.6) is 0 Å². The second-order valence-electron chi connectivity index (χ2n) is 5.85. The van der Waals surface area contributed by atoms with Gasteiger partial charge in [-0.3, -0.25) is 4.79 Å². The predicted octanol–water partition coefficient (Wildman–Crippen LogP) is 4.79. The normalized spacial score (nSPS) is 10.4. The molecular formula is C20H17N3O3S2. The molecule has 6 nitrogen and oxygen atoms in total. The first-order chi connectivity index (χ1) is 13.5. The largest absolute Gasteiger partial charge is 0.462 e. The minimum absolute atomic E-state index is 0.238. The van der Waals surface area contributed by atoms with Gasteiger partial charge in [0.05, 0.1) is 17.9 Å². The third-order valence-corrected chi connectivity index (χ3v) is 6.36. The van der Waals surface area contributed by atoms with E-state index in [4.69, 9.17) is 4.74 Å². The summed E-state index contributed by atoms with van der Waals surface area (Å²) in [5, 5.41) is 13.3. The van der Waals surface area contributed by atoms with Gasteiger partial charge >= 0.3 is 5.97 Å². The van der Waals surface area contributed by atoms with Crippen LogP contribution in [0.3, 0.4) is 0 Å². The maximum Gasteiger partial charge on any atom is 0.348 e. The standard InChI is InChI=1S/C20H17N3O3S2/c1-4-26-20(25)15-11(2)14(10-21)19(27-15)23-17(24)16-12(3)22-18(28-16)13-8-6-5-7-9-13/h5-9H,4H2,1-3H3,(H,23,24). The van der Waals surface area contributed by atoms with Gasteiger partial charge < -0.3 is 10.1 Å². The molecule has 0 saturated carbocycles. The molecule has 1 aromatic carbocycles. The molecule has 1 N–H and O–H groups in total. The molecule has 0 spiro atoms. The van der Waals surface area contributed by atoms with Crippen LogP contribution in [-0.4, -0.2) is 23.5 Å². The molecular weight excluding hydrogens is 394 g/mol. The Hall–Kier alpha value is -3.02. The number of hydrogen-bond donors (Lipinski definition) is 1. The molecule has 2 heterocycles. The summed E-state index contributed by atoms with van der Waals surface area (Å²) in [5.41, 5.74) is 2.32. The first-order valence-electron chi connectivity index (χ1n) is 8.51. The molecule has 0 atom stereocenters. The Balaban J connectivity index is 1.90. The maximum atomic E-state index is 12.8. The number of nitrogens with zero attached hydrogens (tertiary/aromatic N) is 2. The van der Waals surface area contributed by atoms with E-state index in [-0.39, 0.29) is 18.1 Å². The van der Waals surface area contributed by atoms with Crippen molar-refractivity contribution in [2.45, 2.75) is 20.8 Å². The number of thiazole rings is 1. The van der Waals surface area contributed by atoms with Gasteiger partial charge in [-0.25, -0.2) is 9.78 Å². The average Bonchev–Trinajstić information content (AvgIpc) is 3.22. The van der Waals surface area contributed by atoms with Crippen molar-refractivity contribution in [2.75, 3.05) is 11.9 Å². The lowest BCUT2D eigenvalue weighted by Crippen LogP contribution is -2.11. The van der Waals surface area contributed by atoms with Crippen LogP contribution in [0, 0.1) is 25.2 Å². The van der Waals surface area contributed by atoms with Crippen molar-refractivity contribution in [2.24, 2.45) is 0 Å². The number of thiophene rings is 1. The maximum absolute atomic E-state index is 12.8. The minimum atomic E-state index is -0.498. The molecule has 142 valence electrons. The van der Waals surface area contributed by atoms with Gasteiger partial charge in [-0.05, 0) is 26.3 Å². The number of benzene rings is 1. The highest BCUT2D eigenvalue weighted by Gasteiger charge is 2.24. The Morgan fingerprint density at radius 2 is 1.89 bits per heavy atom. The molecule has 0 aliphatic carbocycles. The van der Waals surface area contributed by atoms with Gasteiger partial charge in [-0.2, -0.15) is 5.26 Å². The molecule has 3 aromatic rings. The van der Waals surface area contributed by atoms with E-state index in [0.717, 1.165) is 21.9 Å². The van der Waals surface area contributed by atoms with Crippen LogP contribution in [0.2, 0.25) is 0 Å². The molecule has 0 aliphatic heterocycles. The number of hydrogen-bond acceptors (Lipinski definition) is 7. The number of anilines is 1. The first kappa shape index (κ1) is 19.7. The molecule has 0 unspecified atom stereocenters. The number of esters is 1. The summed E-state index contributed by atoms with van der Waals surface area (Å²) in [6.45, 7) is 5.39. The van der Waals surface area contributed by atoms with Crippen molar-refractivity contribution in [1.29, 1.82) is 5.26 Å². The highest BCUT2D eigenvalue weighted by Crippen LogP contribution is 2.34. The summed E-state index contributed by atoms with van der Waals surface area (Å²) in [4.78, 5) is 30.1. The van der Waals surface area contributed by atoms with Crippen molar-refractivity contribution in [3.8, 4) is 16.6 Å². The minimum Gasteiger partial charge on any atom is -0.462 e. The summed E-state index contributed by atoms with van der Waals surface area (Å²) >= 11 is 2.33. The average molecular weight is 412 g/mol. The van der Waals surface area contributed by atoms with E-state index in [2.05, 4.69) is 16.4 Å². The number of carbonyl (C=O) groups excluding carboxylic acids is 2. The van der Waals surface area contributed by atoms with Gasteiger partial charge in [0.25, 0.3) is 5.91 Å². The number of nitriles is 1. The van der Waals surface area contributed by atoms with Gasteiger partial charge in [-0.15, -0.1) is 22.7 Å². The van der Waals surface area contributed by atoms with Crippen LogP contribution >= 0.6 is 22.7 Å².